The van der Waals surface area contributed by atoms with Gasteiger partial charge in [-0.25, -0.2) is 0 Å². The number of halogens is 1. The van der Waals surface area contributed by atoms with Crippen molar-refractivity contribution in [2.45, 2.75) is 12.5 Å². The van der Waals surface area contributed by atoms with Gasteiger partial charge in [0.2, 0.25) is 5.91 Å². The van der Waals surface area contributed by atoms with E-state index in [2.05, 4.69) is 10.1 Å². The first-order valence-corrected chi connectivity index (χ1v) is 7.82. The summed E-state index contributed by atoms with van der Waals surface area (Å²) in [6.45, 7) is 0. The molecule has 0 saturated carbocycles. The molecule has 2 aromatic carbocycles. The lowest BCUT2D eigenvalue weighted by atomic mass is 10.0. The van der Waals surface area contributed by atoms with Crippen molar-refractivity contribution in [2.24, 2.45) is 5.73 Å². The van der Waals surface area contributed by atoms with Crippen LogP contribution in [-0.4, -0.2) is 24.9 Å². The molecule has 0 aliphatic rings. The standard InChI is InChI=1S/C18H17ClN2O4/c1-25-16(22)10-15(13-4-2-3-5-14(13)19)21-18(24)12-8-6-11(7-9-12)17(20)23/h2-9,15H,10H2,1H3,(H2,20,23)(H,21,24). The Hall–Kier alpha value is -2.86. The normalized spacial score (nSPS) is 11.4. The van der Waals surface area contributed by atoms with Crippen molar-refractivity contribution in [3.8, 4) is 0 Å². The van der Waals surface area contributed by atoms with E-state index < -0.39 is 23.8 Å². The number of hydrogen-bond acceptors (Lipinski definition) is 4. The van der Waals surface area contributed by atoms with E-state index in [4.69, 9.17) is 17.3 Å². The molecule has 0 radical (unpaired) electrons. The number of carbonyl (C=O) groups is 3. The Labute approximate surface area is 149 Å². The van der Waals surface area contributed by atoms with Gasteiger partial charge in [-0.1, -0.05) is 29.8 Å². The zero-order valence-corrected chi connectivity index (χ0v) is 14.2. The summed E-state index contributed by atoms with van der Waals surface area (Å²) in [5, 5.41) is 3.20. The van der Waals surface area contributed by atoms with E-state index in [1.807, 2.05) is 0 Å². The molecular weight excluding hydrogens is 344 g/mol. The summed E-state index contributed by atoms with van der Waals surface area (Å²) in [6.07, 6.45) is -0.0641. The second kappa shape index (κ2) is 8.30. The Bertz CT molecular complexity index is 790. The summed E-state index contributed by atoms with van der Waals surface area (Å²) < 4.78 is 4.69. The van der Waals surface area contributed by atoms with Crippen LogP contribution in [-0.2, 0) is 9.53 Å². The molecule has 1 unspecified atom stereocenters. The van der Waals surface area contributed by atoms with E-state index in [0.29, 0.717) is 21.7 Å². The van der Waals surface area contributed by atoms with E-state index >= 15 is 0 Å². The monoisotopic (exact) mass is 360 g/mol. The summed E-state index contributed by atoms with van der Waals surface area (Å²) >= 11 is 6.18. The molecule has 2 rings (SSSR count). The molecule has 3 N–H and O–H groups in total. The van der Waals surface area contributed by atoms with Gasteiger partial charge in [0, 0.05) is 16.1 Å². The highest BCUT2D eigenvalue weighted by atomic mass is 35.5. The molecule has 6 nitrogen and oxygen atoms in total. The van der Waals surface area contributed by atoms with E-state index in [9.17, 15) is 14.4 Å². The average molecular weight is 361 g/mol. The molecule has 0 bridgehead atoms. The van der Waals surface area contributed by atoms with Crippen molar-refractivity contribution >= 4 is 29.4 Å². The Morgan fingerprint density at radius 3 is 2.24 bits per heavy atom. The summed E-state index contributed by atoms with van der Waals surface area (Å²) in [4.78, 5) is 35.2. The zero-order chi connectivity index (χ0) is 18.4. The Kier molecular flexibility index (Phi) is 6.14. The number of hydrogen-bond donors (Lipinski definition) is 2. The van der Waals surface area contributed by atoms with Gasteiger partial charge in [0.25, 0.3) is 5.91 Å². The van der Waals surface area contributed by atoms with Crippen LogP contribution in [0.25, 0.3) is 0 Å². The summed E-state index contributed by atoms with van der Waals surface area (Å²) in [6, 6.07) is 12.2. The zero-order valence-electron chi connectivity index (χ0n) is 13.5. The average Bonchev–Trinajstić information content (AvgIpc) is 2.61. The Morgan fingerprint density at radius 1 is 1.08 bits per heavy atom. The number of ether oxygens (including phenoxy) is 1. The molecule has 130 valence electrons. The van der Waals surface area contributed by atoms with Crippen LogP contribution in [0.3, 0.4) is 0 Å². The highest BCUT2D eigenvalue weighted by Gasteiger charge is 2.21. The summed E-state index contributed by atoms with van der Waals surface area (Å²) in [5.74, 6) is -1.47. The predicted octanol–water partition coefficient (Wildman–Crippen LogP) is 2.47. The van der Waals surface area contributed by atoms with Crippen molar-refractivity contribution in [2.75, 3.05) is 7.11 Å². The second-order valence-electron chi connectivity index (χ2n) is 5.27. The van der Waals surface area contributed by atoms with Crippen molar-refractivity contribution in [3.05, 3.63) is 70.2 Å². The lowest BCUT2D eigenvalue weighted by Crippen LogP contribution is -2.30. The molecule has 2 aromatic rings. The van der Waals surface area contributed by atoms with Crippen LogP contribution in [0.5, 0.6) is 0 Å². The third-order valence-electron chi connectivity index (χ3n) is 3.62. The van der Waals surface area contributed by atoms with Crippen molar-refractivity contribution in [3.63, 3.8) is 0 Å². The molecule has 7 heteroatoms. The highest BCUT2D eigenvalue weighted by molar-refractivity contribution is 6.31. The SMILES string of the molecule is COC(=O)CC(NC(=O)c1ccc(C(N)=O)cc1)c1ccccc1Cl. The van der Waals surface area contributed by atoms with E-state index in [0.717, 1.165) is 0 Å². The first-order valence-electron chi connectivity index (χ1n) is 7.44. The maximum absolute atomic E-state index is 12.5. The maximum Gasteiger partial charge on any atom is 0.307 e. The molecule has 0 heterocycles. The molecule has 2 amide bonds. The molecule has 0 aliphatic carbocycles. The number of primary amides is 1. The highest BCUT2D eigenvalue weighted by Crippen LogP contribution is 2.25. The van der Waals surface area contributed by atoms with Gasteiger partial charge in [-0.05, 0) is 35.9 Å². The number of nitrogens with two attached hydrogens (primary N) is 1. The predicted molar refractivity (Wildman–Crippen MR) is 93.3 cm³/mol. The minimum atomic E-state index is -0.649. The first-order chi connectivity index (χ1) is 11.9. The number of amides is 2. The van der Waals surface area contributed by atoms with Gasteiger partial charge >= 0.3 is 5.97 Å². The molecule has 0 aromatic heterocycles. The molecule has 0 spiro atoms. The molecule has 1 atom stereocenters. The van der Waals surface area contributed by atoms with Crippen LogP contribution < -0.4 is 11.1 Å². The number of benzene rings is 2. The van der Waals surface area contributed by atoms with Crippen LogP contribution in [0, 0.1) is 0 Å². The quantitative estimate of drug-likeness (QED) is 0.773. The van der Waals surface area contributed by atoms with Crippen molar-refractivity contribution < 1.29 is 19.1 Å². The first kappa shape index (κ1) is 18.5. The third-order valence-corrected chi connectivity index (χ3v) is 3.96. The Balaban J connectivity index is 2.23. The molecule has 0 fully saturated rings. The van der Waals surface area contributed by atoms with E-state index in [1.165, 1.54) is 31.4 Å². The van der Waals surface area contributed by atoms with Crippen molar-refractivity contribution in [1.29, 1.82) is 0 Å². The number of esters is 1. The van der Waals surface area contributed by atoms with Gasteiger partial charge < -0.3 is 15.8 Å². The Morgan fingerprint density at radius 2 is 1.68 bits per heavy atom. The second-order valence-corrected chi connectivity index (χ2v) is 5.68. The van der Waals surface area contributed by atoms with E-state index in [1.54, 1.807) is 24.3 Å². The van der Waals surface area contributed by atoms with Crippen LogP contribution in [0.1, 0.15) is 38.7 Å². The van der Waals surface area contributed by atoms with Gasteiger partial charge in [0.1, 0.15) is 0 Å². The fraction of sp³-hybridized carbons (Fsp3) is 0.167. The van der Waals surface area contributed by atoms with Gasteiger partial charge in [0.15, 0.2) is 0 Å². The third kappa shape index (κ3) is 4.81. The smallest absolute Gasteiger partial charge is 0.307 e. The van der Waals surface area contributed by atoms with Gasteiger partial charge in [-0.3, -0.25) is 14.4 Å². The summed E-state index contributed by atoms with van der Waals surface area (Å²) in [5.41, 5.74) is 6.41. The van der Waals surface area contributed by atoms with Gasteiger partial charge in [-0.15, -0.1) is 0 Å². The lowest BCUT2D eigenvalue weighted by Gasteiger charge is -2.19. The number of rotatable bonds is 6. The van der Waals surface area contributed by atoms with Crippen LogP contribution in [0.4, 0.5) is 0 Å². The van der Waals surface area contributed by atoms with E-state index in [-0.39, 0.29) is 6.42 Å². The molecule has 0 aliphatic heterocycles. The number of nitrogens with one attached hydrogen (secondary N) is 1. The number of methoxy groups -OCH3 is 1. The molecule has 25 heavy (non-hydrogen) atoms. The largest absolute Gasteiger partial charge is 0.469 e. The van der Waals surface area contributed by atoms with Crippen LogP contribution in [0.15, 0.2) is 48.5 Å². The lowest BCUT2D eigenvalue weighted by molar-refractivity contribution is -0.141. The molecule has 0 saturated heterocycles. The van der Waals surface area contributed by atoms with Gasteiger partial charge in [0.05, 0.1) is 19.6 Å². The van der Waals surface area contributed by atoms with Crippen LogP contribution >= 0.6 is 11.6 Å². The minimum Gasteiger partial charge on any atom is -0.469 e. The maximum atomic E-state index is 12.5. The van der Waals surface area contributed by atoms with Crippen molar-refractivity contribution in [1.82, 2.24) is 5.32 Å². The summed E-state index contributed by atoms with van der Waals surface area (Å²) in [7, 11) is 1.27. The fourth-order valence-electron chi connectivity index (χ4n) is 2.27. The molecular formula is C18H17ClN2O4. The van der Waals surface area contributed by atoms with Gasteiger partial charge in [-0.2, -0.15) is 0 Å². The topological polar surface area (TPSA) is 98.5 Å². The fourth-order valence-corrected chi connectivity index (χ4v) is 2.54. The van der Waals surface area contributed by atoms with Crippen LogP contribution in [0.2, 0.25) is 5.02 Å². The minimum absolute atomic E-state index is 0.0641. The number of carbonyl (C=O) groups excluding carboxylic acids is 3.